The van der Waals surface area contributed by atoms with Gasteiger partial charge in [-0.2, -0.15) is 0 Å². The number of rotatable bonds is 4. The summed E-state index contributed by atoms with van der Waals surface area (Å²) >= 11 is 0. The number of fused-ring (bicyclic) bond motifs is 2. The summed E-state index contributed by atoms with van der Waals surface area (Å²) < 4.78 is 4.56. The second-order valence-corrected chi connectivity index (χ2v) is 7.98. The van der Waals surface area contributed by atoms with Crippen molar-refractivity contribution < 1.29 is 0 Å². The van der Waals surface area contributed by atoms with E-state index in [4.69, 9.17) is 0 Å². The highest BCUT2D eigenvalue weighted by Gasteiger charge is 2.15. The molecule has 26 heavy (non-hydrogen) atoms. The standard InChI is InChI=1S/C24H28N2/c1-16(2)21-7-6-8-24-22(21)15-20(26(24)5)13-17(3)18-9-10-23-19(14-18)11-12-25(23)4/h6-12,14-17H,13H2,1-5H3. The van der Waals surface area contributed by atoms with Crippen LogP contribution in [0.25, 0.3) is 21.8 Å². The molecule has 2 heteroatoms. The van der Waals surface area contributed by atoms with Crippen LogP contribution in [0.15, 0.2) is 54.7 Å². The van der Waals surface area contributed by atoms with Crippen LogP contribution in [0.3, 0.4) is 0 Å². The van der Waals surface area contributed by atoms with Crippen molar-refractivity contribution in [3.8, 4) is 0 Å². The molecule has 0 radical (unpaired) electrons. The SMILES string of the molecule is CC(C)c1cccc2c1cc(CC(C)c1ccc3c(ccn3C)c1)n2C. The summed E-state index contributed by atoms with van der Waals surface area (Å²) in [7, 11) is 4.31. The molecule has 0 saturated heterocycles. The quantitative estimate of drug-likeness (QED) is 0.421. The van der Waals surface area contributed by atoms with Gasteiger partial charge in [-0.05, 0) is 65.1 Å². The van der Waals surface area contributed by atoms with Crippen molar-refractivity contribution in [2.75, 3.05) is 0 Å². The highest BCUT2D eigenvalue weighted by atomic mass is 14.9. The van der Waals surface area contributed by atoms with E-state index in [0.717, 1.165) is 6.42 Å². The smallest absolute Gasteiger partial charge is 0.0482 e. The van der Waals surface area contributed by atoms with Crippen LogP contribution in [-0.4, -0.2) is 9.13 Å². The van der Waals surface area contributed by atoms with Gasteiger partial charge in [-0.15, -0.1) is 0 Å². The predicted octanol–water partition coefficient (Wildman–Crippen LogP) is 6.14. The maximum atomic E-state index is 2.40. The highest BCUT2D eigenvalue weighted by Crippen LogP contribution is 2.31. The zero-order valence-electron chi connectivity index (χ0n) is 16.5. The third-order valence-corrected chi connectivity index (χ3v) is 5.84. The lowest BCUT2D eigenvalue weighted by Gasteiger charge is -2.13. The van der Waals surface area contributed by atoms with Crippen molar-refractivity contribution in [1.82, 2.24) is 9.13 Å². The third kappa shape index (κ3) is 2.74. The Morgan fingerprint density at radius 3 is 2.46 bits per heavy atom. The van der Waals surface area contributed by atoms with E-state index in [1.807, 2.05) is 0 Å². The maximum absolute atomic E-state index is 2.40. The van der Waals surface area contributed by atoms with E-state index < -0.39 is 0 Å². The monoisotopic (exact) mass is 344 g/mol. The maximum Gasteiger partial charge on any atom is 0.0482 e. The second-order valence-electron chi connectivity index (χ2n) is 7.98. The van der Waals surface area contributed by atoms with Gasteiger partial charge < -0.3 is 9.13 Å². The van der Waals surface area contributed by atoms with Crippen LogP contribution < -0.4 is 0 Å². The van der Waals surface area contributed by atoms with Crippen LogP contribution in [0.2, 0.25) is 0 Å². The van der Waals surface area contributed by atoms with Crippen LogP contribution in [0.5, 0.6) is 0 Å². The number of hydrogen-bond acceptors (Lipinski definition) is 0. The van der Waals surface area contributed by atoms with Crippen molar-refractivity contribution in [2.24, 2.45) is 14.1 Å². The zero-order valence-corrected chi connectivity index (χ0v) is 16.5. The van der Waals surface area contributed by atoms with Gasteiger partial charge in [0.1, 0.15) is 0 Å². The molecule has 134 valence electrons. The van der Waals surface area contributed by atoms with Gasteiger partial charge in [-0.1, -0.05) is 39.0 Å². The molecule has 1 atom stereocenters. The Bertz CT molecular complexity index is 1080. The normalized spacial score (nSPS) is 13.2. The fourth-order valence-corrected chi connectivity index (χ4v) is 4.18. The highest BCUT2D eigenvalue weighted by molar-refractivity contribution is 5.85. The van der Waals surface area contributed by atoms with E-state index >= 15 is 0 Å². The van der Waals surface area contributed by atoms with Crippen LogP contribution in [-0.2, 0) is 20.5 Å². The lowest BCUT2D eigenvalue weighted by molar-refractivity contribution is 0.711. The van der Waals surface area contributed by atoms with Gasteiger partial charge in [0, 0.05) is 42.4 Å². The molecule has 0 saturated carbocycles. The molecule has 2 aromatic heterocycles. The number of hydrogen-bond donors (Lipinski definition) is 0. The fraction of sp³-hybridized carbons (Fsp3) is 0.333. The summed E-state index contributed by atoms with van der Waals surface area (Å²) in [5, 5.41) is 2.74. The van der Waals surface area contributed by atoms with Crippen LogP contribution >= 0.6 is 0 Å². The Morgan fingerprint density at radius 2 is 1.69 bits per heavy atom. The number of nitrogens with zero attached hydrogens (tertiary/aromatic N) is 2. The largest absolute Gasteiger partial charge is 0.351 e. The minimum Gasteiger partial charge on any atom is -0.351 e. The Morgan fingerprint density at radius 1 is 0.885 bits per heavy atom. The molecule has 4 aromatic rings. The minimum atomic E-state index is 0.491. The molecule has 0 amide bonds. The first kappa shape index (κ1) is 17.0. The molecule has 0 aliphatic carbocycles. The van der Waals surface area contributed by atoms with Gasteiger partial charge in [0.05, 0.1) is 0 Å². The Labute approximate surface area is 156 Å². The van der Waals surface area contributed by atoms with E-state index in [0.29, 0.717) is 11.8 Å². The van der Waals surface area contributed by atoms with Crippen LogP contribution in [0, 0.1) is 0 Å². The second kappa shape index (κ2) is 6.35. The van der Waals surface area contributed by atoms with E-state index in [-0.39, 0.29) is 0 Å². The molecule has 4 rings (SSSR count). The van der Waals surface area contributed by atoms with Gasteiger partial charge in [0.2, 0.25) is 0 Å². The molecule has 0 bridgehead atoms. The molecule has 2 nitrogen and oxygen atoms in total. The lowest BCUT2D eigenvalue weighted by atomic mass is 9.94. The first-order valence-electron chi connectivity index (χ1n) is 9.58. The molecule has 0 N–H and O–H groups in total. The average molecular weight is 345 g/mol. The van der Waals surface area contributed by atoms with Crippen molar-refractivity contribution >= 4 is 21.8 Å². The van der Waals surface area contributed by atoms with Crippen LogP contribution in [0.4, 0.5) is 0 Å². The van der Waals surface area contributed by atoms with Gasteiger partial charge in [0.15, 0.2) is 0 Å². The minimum absolute atomic E-state index is 0.491. The molecule has 0 aliphatic rings. The summed E-state index contributed by atoms with van der Waals surface area (Å²) in [5.74, 6) is 1.04. The molecule has 1 unspecified atom stereocenters. The summed E-state index contributed by atoms with van der Waals surface area (Å²) in [4.78, 5) is 0. The average Bonchev–Trinajstić information content (AvgIpc) is 3.15. The molecule has 0 aliphatic heterocycles. The lowest BCUT2D eigenvalue weighted by Crippen LogP contribution is -2.03. The van der Waals surface area contributed by atoms with E-state index in [2.05, 4.69) is 98.7 Å². The summed E-state index contributed by atoms with van der Waals surface area (Å²) in [5.41, 5.74) is 6.92. The van der Waals surface area contributed by atoms with Crippen LogP contribution in [0.1, 0.15) is 49.4 Å². The molecule has 0 fully saturated rings. The number of aryl methyl sites for hydroxylation is 2. The first-order valence-corrected chi connectivity index (χ1v) is 9.58. The van der Waals surface area contributed by atoms with E-state index in [1.165, 1.54) is 38.6 Å². The van der Waals surface area contributed by atoms with Gasteiger partial charge in [0.25, 0.3) is 0 Å². The summed E-state index contributed by atoms with van der Waals surface area (Å²) in [6.07, 6.45) is 3.19. The van der Waals surface area contributed by atoms with Gasteiger partial charge >= 0.3 is 0 Å². The molecular weight excluding hydrogens is 316 g/mol. The fourth-order valence-electron chi connectivity index (χ4n) is 4.18. The number of benzene rings is 2. The predicted molar refractivity (Wildman–Crippen MR) is 112 cm³/mol. The molecular formula is C24H28N2. The van der Waals surface area contributed by atoms with Crippen molar-refractivity contribution in [2.45, 2.75) is 39.0 Å². The van der Waals surface area contributed by atoms with Crippen molar-refractivity contribution in [1.29, 1.82) is 0 Å². The van der Waals surface area contributed by atoms with Crippen molar-refractivity contribution in [3.05, 3.63) is 71.5 Å². The summed E-state index contributed by atoms with van der Waals surface area (Å²) in [6, 6.07) is 18.2. The van der Waals surface area contributed by atoms with E-state index in [1.54, 1.807) is 0 Å². The number of aromatic nitrogens is 2. The van der Waals surface area contributed by atoms with E-state index in [9.17, 15) is 0 Å². The first-order chi connectivity index (χ1) is 12.5. The molecule has 2 heterocycles. The topological polar surface area (TPSA) is 9.86 Å². The van der Waals surface area contributed by atoms with Crippen molar-refractivity contribution in [3.63, 3.8) is 0 Å². The molecule has 0 spiro atoms. The Kier molecular flexibility index (Phi) is 4.14. The van der Waals surface area contributed by atoms with Gasteiger partial charge in [-0.3, -0.25) is 0 Å². The Balaban J connectivity index is 1.69. The Hall–Kier alpha value is -2.48. The summed E-state index contributed by atoms with van der Waals surface area (Å²) in [6.45, 7) is 6.89. The zero-order chi connectivity index (χ0) is 18.4. The van der Waals surface area contributed by atoms with Gasteiger partial charge in [-0.25, -0.2) is 0 Å². The third-order valence-electron chi connectivity index (χ3n) is 5.84. The molecule has 2 aromatic carbocycles.